The van der Waals surface area contributed by atoms with Gasteiger partial charge in [-0.3, -0.25) is 10.3 Å². The van der Waals surface area contributed by atoms with Crippen LogP contribution in [0.1, 0.15) is 0 Å². The molecule has 5 heteroatoms. The van der Waals surface area contributed by atoms with Crippen molar-refractivity contribution in [1.29, 1.82) is 0 Å². The summed E-state index contributed by atoms with van der Waals surface area (Å²) in [5.74, 6) is 0. The van der Waals surface area contributed by atoms with Gasteiger partial charge in [0, 0.05) is 0 Å². The van der Waals surface area contributed by atoms with E-state index in [9.17, 15) is 4.79 Å². The van der Waals surface area contributed by atoms with Crippen LogP contribution in [0.3, 0.4) is 0 Å². The Balaban J connectivity index is 3.81. The summed E-state index contributed by atoms with van der Waals surface area (Å²) in [6.07, 6.45) is 0. The highest BCUT2D eigenvalue weighted by Gasteiger charge is 2.19. The zero-order chi connectivity index (χ0) is 8.36. The van der Waals surface area contributed by atoms with Crippen molar-refractivity contribution in [2.75, 3.05) is 27.7 Å². The molecular weight excluding hydrogens is 151 g/mol. The minimum Gasteiger partial charge on any atom is -0.354 e. The molecule has 0 heterocycles. The Morgan fingerprint density at radius 1 is 1.60 bits per heavy atom. The molecule has 0 amide bonds. The van der Waals surface area contributed by atoms with E-state index in [1.165, 1.54) is 0 Å². The second kappa shape index (κ2) is 3.39. The van der Waals surface area contributed by atoms with Gasteiger partial charge in [-0.2, -0.15) is 0 Å². The second-order valence-corrected chi connectivity index (χ2v) is 4.37. The highest BCUT2D eigenvalue weighted by atomic mass is 31.2. The normalized spacial score (nSPS) is 14.9. The fourth-order valence-corrected chi connectivity index (χ4v) is 1.05. The van der Waals surface area contributed by atoms with Gasteiger partial charge in [0.15, 0.2) is 8.30 Å². The number of likely N-dealkylation sites (N-methyl/N-ethyl adjacent to an activating group) is 1. The van der Waals surface area contributed by atoms with Crippen molar-refractivity contribution in [2.24, 2.45) is 5.50 Å². The molecule has 0 spiro atoms. The van der Waals surface area contributed by atoms with Crippen molar-refractivity contribution in [2.45, 2.75) is 0 Å². The van der Waals surface area contributed by atoms with E-state index in [1.54, 1.807) is 0 Å². The average Bonchev–Trinajstić information content (AvgIpc) is 1.60. The molecule has 0 aliphatic rings. The van der Waals surface area contributed by atoms with Crippen molar-refractivity contribution in [3.05, 3.63) is 0 Å². The molecule has 0 bridgehead atoms. The summed E-state index contributed by atoms with van der Waals surface area (Å²) in [4.78, 5) is 19.5. The number of carbonyl (C=O) groups is 1. The molecule has 1 atom stereocenters. The van der Waals surface area contributed by atoms with E-state index in [4.69, 9.17) is 10.4 Å². The Bertz CT molecular complexity index is 130. The molecule has 0 aliphatic heterocycles. The van der Waals surface area contributed by atoms with Crippen LogP contribution in [0.5, 0.6) is 0 Å². The molecule has 4 nitrogen and oxygen atoms in total. The predicted molar refractivity (Wildman–Crippen MR) is 41.2 cm³/mol. The maximum atomic E-state index is 10.8. The number of rotatable bonds is 3. The summed E-state index contributed by atoms with van der Waals surface area (Å²) in [7, 11) is 3.73. The molecule has 0 saturated heterocycles. The first kappa shape index (κ1) is 9.98. The third-order valence-electron chi connectivity index (χ3n) is 0.865. The molecule has 0 aromatic rings. The molecule has 0 radical (unpaired) electrons. The average molecular weight is 165 g/mol. The monoisotopic (exact) mass is 165 g/mol. The smallest absolute Gasteiger partial charge is 0.250 e. The summed E-state index contributed by atoms with van der Waals surface area (Å²) >= 11 is 0. The number of nitrogens with two attached hydrogens (primary N) is 1. The third kappa shape index (κ3) is 4.82. The topological polar surface area (TPSA) is 63.3 Å². The second-order valence-electron chi connectivity index (χ2n) is 3.19. The van der Waals surface area contributed by atoms with E-state index in [0.717, 1.165) is 0 Å². The molecule has 0 aliphatic carbocycles. The molecule has 10 heavy (non-hydrogen) atoms. The highest BCUT2D eigenvalue weighted by molar-refractivity contribution is 7.67. The lowest BCUT2D eigenvalue weighted by molar-refractivity contribution is -0.861. The summed E-state index contributed by atoms with van der Waals surface area (Å²) in [5.41, 5.74) is 4.74. The van der Waals surface area contributed by atoms with E-state index in [0.29, 0.717) is 11.0 Å². The van der Waals surface area contributed by atoms with Crippen LogP contribution >= 0.6 is 8.30 Å². The van der Waals surface area contributed by atoms with Gasteiger partial charge < -0.3 is 9.38 Å². The van der Waals surface area contributed by atoms with Crippen molar-refractivity contribution in [1.82, 2.24) is 0 Å². The summed E-state index contributed by atoms with van der Waals surface area (Å²) in [6.45, 7) is 0.290. The standard InChI is InChI=1S/C5H14N2O2P/c1-7(2,3)4-5(8)10(6)9/h9H,4,6H2,1-3H3/q+1. The summed E-state index contributed by atoms with van der Waals surface area (Å²) in [6, 6.07) is 0. The highest BCUT2D eigenvalue weighted by Crippen LogP contribution is 2.19. The van der Waals surface area contributed by atoms with Gasteiger partial charge in [0.1, 0.15) is 6.54 Å². The first-order chi connectivity index (χ1) is 4.33. The Morgan fingerprint density at radius 2 is 2.00 bits per heavy atom. The molecule has 0 rings (SSSR count). The number of quaternary nitrogens is 1. The van der Waals surface area contributed by atoms with Gasteiger partial charge >= 0.3 is 0 Å². The van der Waals surface area contributed by atoms with Crippen molar-refractivity contribution in [3.63, 3.8) is 0 Å². The van der Waals surface area contributed by atoms with Crippen LogP contribution in [0.15, 0.2) is 0 Å². The SMILES string of the molecule is C[N+](C)(C)CC(=O)P(N)O. The zero-order valence-corrected chi connectivity index (χ0v) is 7.43. The van der Waals surface area contributed by atoms with Crippen LogP contribution in [0.4, 0.5) is 0 Å². The van der Waals surface area contributed by atoms with Gasteiger partial charge in [0.05, 0.1) is 21.1 Å². The van der Waals surface area contributed by atoms with Crippen LogP contribution in [0.2, 0.25) is 0 Å². The largest absolute Gasteiger partial charge is 0.354 e. The molecular formula is C5H14N2O2P+. The predicted octanol–water partition coefficient (Wildman–Crippen LogP) is -0.518. The first-order valence-electron chi connectivity index (χ1n) is 2.90. The van der Waals surface area contributed by atoms with Gasteiger partial charge in [-0.05, 0) is 0 Å². The van der Waals surface area contributed by atoms with Crippen LogP contribution in [-0.4, -0.2) is 42.6 Å². The molecule has 3 N–H and O–H groups in total. The van der Waals surface area contributed by atoms with Gasteiger partial charge in [-0.1, -0.05) is 0 Å². The Kier molecular flexibility index (Phi) is 3.39. The Hall–Kier alpha value is -0.0200. The van der Waals surface area contributed by atoms with Gasteiger partial charge in [-0.15, -0.1) is 0 Å². The number of hydrogen-bond acceptors (Lipinski definition) is 3. The fraction of sp³-hybridized carbons (Fsp3) is 0.800. The molecule has 0 fully saturated rings. The van der Waals surface area contributed by atoms with Crippen molar-refractivity contribution >= 4 is 13.8 Å². The van der Waals surface area contributed by atoms with Gasteiger partial charge in [-0.25, -0.2) is 0 Å². The van der Waals surface area contributed by atoms with E-state index in [1.807, 2.05) is 21.1 Å². The van der Waals surface area contributed by atoms with E-state index < -0.39 is 8.30 Å². The molecule has 60 valence electrons. The first-order valence-corrected chi connectivity index (χ1v) is 4.26. The molecule has 0 saturated carbocycles. The minimum atomic E-state index is -1.88. The maximum Gasteiger partial charge on any atom is 0.250 e. The van der Waals surface area contributed by atoms with Gasteiger partial charge in [0.25, 0.3) is 0 Å². The van der Waals surface area contributed by atoms with Gasteiger partial charge in [0.2, 0.25) is 5.52 Å². The molecule has 1 unspecified atom stereocenters. The van der Waals surface area contributed by atoms with Crippen LogP contribution in [-0.2, 0) is 4.79 Å². The maximum absolute atomic E-state index is 10.8. The third-order valence-corrected chi connectivity index (χ3v) is 1.52. The van der Waals surface area contributed by atoms with Crippen molar-refractivity contribution < 1.29 is 14.2 Å². The Morgan fingerprint density at radius 3 is 2.10 bits per heavy atom. The lowest BCUT2D eigenvalue weighted by atomic mass is 10.5. The van der Waals surface area contributed by atoms with E-state index in [2.05, 4.69) is 0 Å². The summed E-state index contributed by atoms with van der Waals surface area (Å²) < 4.78 is 0.509. The quantitative estimate of drug-likeness (QED) is 0.437. The molecule has 0 aromatic carbocycles. The van der Waals surface area contributed by atoms with E-state index in [-0.39, 0.29) is 5.52 Å². The van der Waals surface area contributed by atoms with Crippen LogP contribution in [0.25, 0.3) is 0 Å². The molecule has 0 aromatic heterocycles. The number of nitrogens with zero attached hydrogens (tertiary/aromatic N) is 1. The lowest BCUT2D eigenvalue weighted by Crippen LogP contribution is -2.39. The Labute approximate surface area is 62.1 Å². The van der Waals surface area contributed by atoms with E-state index >= 15 is 0 Å². The van der Waals surface area contributed by atoms with Crippen LogP contribution in [0, 0.1) is 0 Å². The number of carbonyl (C=O) groups excluding carboxylic acids is 1. The van der Waals surface area contributed by atoms with Crippen LogP contribution < -0.4 is 5.50 Å². The summed E-state index contributed by atoms with van der Waals surface area (Å²) in [5, 5.41) is 0. The lowest BCUT2D eigenvalue weighted by Gasteiger charge is -2.22. The zero-order valence-electron chi connectivity index (χ0n) is 6.53. The van der Waals surface area contributed by atoms with Crippen molar-refractivity contribution in [3.8, 4) is 0 Å². The number of hydrogen-bond donors (Lipinski definition) is 2. The minimum absolute atomic E-state index is 0.262. The fourth-order valence-electron chi connectivity index (χ4n) is 0.478.